The molecule has 0 fully saturated rings. The van der Waals surface area contributed by atoms with E-state index in [0.29, 0.717) is 0 Å². The van der Waals surface area contributed by atoms with E-state index in [1.54, 1.807) is 0 Å². The molecule has 100 heavy (non-hydrogen) atoms. The summed E-state index contributed by atoms with van der Waals surface area (Å²) in [5.74, 6) is 2.38. The van der Waals surface area contributed by atoms with Gasteiger partial charge in [-0.05, 0) is 220 Å². The van der Waals surface area contributed by atoms with E-state index in [1.165, 1.54) is 44.2 Å². The molecule has 0 radical (unpaired) electrons. The Bertz CT molecular complexity index is 5390. The predicted molar refractivity (Wildman–Crippen MR) is 421 cm³/mol. The van der Waals surface area contributed by atoms with E-state index in [2.05, 4.69) is 351 Å². The average Bonchev–Trinajstić information content (AvgIpc) is 0.765. The summed E-state index contributed by atoms with van der Waals surface area (Å²) in [6.07, 6.45) is 0. The van der Waals surface area contributed by atoms with E-state index in [1.807, 2.05) is 24.3 Å². The van der Waals surface area contributed by atoms with Crippen molar-refractivity contribution < 1.29 is 13.3 Å². The minimum atomic E-state index is -0.232. The molecule has 2 aliphatic heterocycles. The van der Waals surface area contributed by atoms with Gasteiger partial charge in [-0.3, -0.25) is 0 Å². The number of fused-ring (bicyclic) bond motifs is 7. The fourth-order valence-electron chi connectivity index (χ4n) is 15.2. The van der Waals surface area contributed by atoms with Crippen molar-refractivity contribution >= 4 is 124 Å². The Morgan fingerprint density at radius 1 is 0.300 bits per heavy atom. The van der Waals surface area contributed by atoms with Crippen LogP contribution in [0.15, 0.2) is 292 Å². The number of furan rings is 3. The lowest BCUT2D eigenvalue weighted by Gasteiger charge is -2.46. The van der Waals surface area contributed by atoms with Gasteiger partial charge in [0.25, 0.3) is 6.71 Å². The van der Waals surface area contributed by atoms with Crippen molar-refractivity contribution in [3.05, 3.63) is 307 Å². The van der Waals surface area contributed by atoms with Crippen LogP contribution in [0.25, 0.3) is 66.9 Å². The van der Waals surface area contributed by atoms with Crippen molar-refractivity contribution in [3.8, 4) is 34.0 Å². The first-order valence-electron chi connectivity index (χ1n) is 35.0. The molecular weight excluding hydrogens is 1220 g/mol. The van der Waals surface area contributed by atoms with E-state index in [-0.39, 0.29) is 23.0 Å². The van der Waals surface area contributed by atoms with Crippen LogP contribution in [0.1, 0.15) is 90.1 Å². The highest BCUT2D eigenvalue weighted by Gasteiger charge is 2.46. The Morgan fingerprint density at radius 3 is 1.22 bits per heavy atom. The summed E-state index contributed by atoms with van der Waals surface area (Å²) in [7, 11) is 0. The Balaban J connectivity index is 0.967. The van der Waals surface area contributed by atoms with Crippen molar-refractivity contribution in [1.29, 1.82) is 0 Å². The summed E-state index contributed by atoms with van der Waals surface area (Å²) in [6, 6.07) is 103. The van der Waals surface area contributed by atoms with Gasteiger partial charge in [0, 0.05) is 89.7 Å². The summed E-state index contributed by atoms with van der Waals surface area (Å²) in [5.41, 5.74) is 27.5. The van der Waals surface area contributed by atoms with Gasteiger partial charge in [0.1, 0.15) is 34.0 Å². The average molecular weight is 1300 g/mol. The van der Waals surface area contributed by atoms with Crippen LogP contribution in [0.4, 0.5) is 68.2 Å². The fourth-order valence-corrected chi connectivity index (χ4v) is 15.2. The highest BCUT2D eigenvalue weighted by molar-refractivity contribution is 7.00. The fraction of sp³-hybridized carbons (Fsp3) is 0.152. The lowest BCUT2D eigenvalue weighted by Crippen LogP contribution is -2.61. The second-order valence-corrected chi connectivity index (χ2v) is 30.4. The topological polar surface area (TPSA) is 52.4 Å². The van der Waals surface area contributed by atoms with Crippen molar-refractivity contribution in [3.63, 3.8) is 0 Å². The Labute approximate surface area is 586 Å². The summed E-state index contributed by atoms with van der Waals surface area (Å²) in [6.45, 7) is 25.1. The first-order chi connectivity index (χ1) is 48.2. The molecule has 8 heteroatoms. The maximum Gasteiger partial charge on any atom is 0.252 e. The molecule has 0 saturated heterocycles. The van der Waals surface area contributed by atoms with E-state index in [4.69, 9.17) is 13.3 Å². The van der Waals surface area contributed by atoms with Crippen LogP contribution in [-0.2, 0) is 16.2 Å². The molecule has 0 spiro atoms. The monoisotopic (exact) mass is 1300 g/mol. The third kappa shape index (κ3) is 10.8. The second-order valence-electron chi connectivity index (χ2n) is 30.4. The highest BCUT2D eigenvalue weighted by atomic mass is 16.3. The van der Waals surface area contributed by atoms with E-state index in [9.17, 15) is 0 Å². The van der Waals surface area contributed by atoms with E-state index < -0.39 is 0 Å². The van der Waals surface area contributed by atoms with Gasteiger partial charge >= 0.3 is 0 Å². The first-order valence-corrected chi connectivity index (χ1v) is 35.0. The van der Waals surface area contributed by atoms with Gasteiger partial charge in [0.15, 0.2) is 0 Å². The quantitative estimate of drug-likeness (QED) is 0.120. The van der Waals surface area contributed by atoms with Gasteiger partial charge in [-0.2, -0.15) is 0 Å². The van der Waals surface area contributed by atoms with Crippen LogP contribution in [-0.4, -0.2) is 6.71 Å². The molecule has 12 aromatic carbocycles. The number of hydrogen-bond acceptors (Lipinski definition) is 7. The maximum absolute atomic E-state index is 6.88. The van der Waals surface area contributed by atoms with E-state index in [0.717, 1.165) is 135 Å². The van der Waals surface area contributed by atoms with Gasteiger partial charge in [-0.25, -0.2) is 0 Å². The van der Waals surface area contributed by atoms with Crippen molar-refractivity contribution in [2.45, 2.75) is 92.4 Å². The summed E-state index contributed by atoms with van der Waals surface area (Å²) in [5, 5.41) is 3.16. The number of para-hydroxylation sites is 5. The third-order valence-corrected chi connectivity index (χ3v) is 20.5. The Hall–Kier alpha value is -11.5. The summed E-state index contributed by atoms with van der Waals surface area (Å²) >= 11 is 0. The zero-order chi connectivity index (χ0) is 68.5. The molecule has 17 rings (SSSR count). The van der Waals surface area contributed by atoms with Crippen LogP contribution in [0, 0.1) is 13.8 Å². The Kier molecular flexibility index (Phi) is 14.7. The molecule has 0 unspecified atom stereocenters. The number of benzene rings is 12. The van der Waals surface area contributed by atoms with Crippen molar-refractivity contribution in [2.24, 2.45) is 0 Å². The molecule has 0 amide bonds. The number of hydrogen-bond donors (Lipinski definition) is 0. The lowest BCUT2D eigenvalue weighted by atomic mass is 9.33. The summed E-state index contributed by atoms with van der Waals surface area (Å²) in [4.78, 5) is 10.0. The zero-order valence-corrected chi connectivity index (χ0v) is 58.6. The van der Waals surface area contributed by atoms with E-state index >= 15 is 0 Å². The molecule has 2 aliphatic rings. The van der Waals surface area contributed by atoms with Crippen LogP contribution >= 0.6 is 0 Å². The van der Waals surface area contributed by atoms with Gasteiger partial charge in [-0.15, -0.1) is 0 Å². The molecule has 488 valence electrons. The minimum absolute atomic E-state index is 0.0607. The predicted octanol–water partition coefficient (Wildman–Crippen LogP) is 24.5. The van der Waals surface area contributed by atoms with Gasteiger partial charge in [0.2, 0.25) is 0 Å². The van der Waals surface area contributed by atoms with Gasteiger partial charge in [-0.1, -0.05) is 196 Å². The van der Waals surface area contributed by atoms with Crippen LogP contribution in [0.3, 0.4) is 0 Å². The zero-order valence-electron chi connectivity index (χ0n) is 58.6. The standard InChI is InChI=1S/C92H79BN4O3/c1-58-22-21-23-59(2)89(58)97-79-55-73(94(69-27-13-12-14-28-69)70-39-32-60(33-40-70)85-51-61-24-15-18-29-82(61)98-85)45-46-76(79)93-77-54-68(92(9,10)11)38-47-78(77)96(74-49-64(86-52-62-25-16-19-30-83(62)99-86)48-65(50-74)87-53-63-26-17-20-31-84(63)100-87)80-56-75(57-81(97)88(80)93)95(71-41-34-66(35-42-71)90(3,4)5)72-43-36-67(37-44-72)91(6,7)8/h12-57H,1-11H3. The van der Waals surface area contributed by atoms with Crippen LogP contribution < -0.4 is 36.0 Å². The lowest BCUT2D eigenvalue weighted by molar-refractivity contribution is 0.590. The molecule has 7 nitrogen and oxygen atoms in total. The molecule has 0 aliphatic carbocycles. The number of nitrogens with zero attached hydrogens (tertiary/aromatic N) is 4. The van der Waals surface area contributed by atoms with Gasteiger partial charge in [0.05, 0.1) is 11.4 Å². The normalized spacial score (nSPS) is 12.9. The maximum atomic E-state index is 6.88. The molecule has 0 atom stereocenters. The SMILES string of the molecule is Cc1cccc(C)c1N1c2cc(N(c3ccccc3)c3ccc(-c4cc5ccccc5o4)cc3)ccc2B2c3cc(C(C)(C)C)ccc3N(c3cc(-c4cc5ccccc5o4)cc(-c4cc5ccccc5o4)c3)c3cc(N(c4ccc(C(C)(C)C)cc4)c4ccc(C(C)(C)C)cc4)cc1c32. The second kappa shape index (κ2) is 23.6. The highest BCUT2D eigenvalue weighted by Crippen LogP contribution is 2.52. The van der Waals surface area contributed by atoms with Gasteiger partial charge < -0.3 is 32.9 Å². The number of anilines is 12. The smallest absolute Gasteiger partial charge is 0.252 e. The molecule has 15 aromatic rings. The third-order valence-electron chi connectivity index (χ3n) is 20.5. The van der Waals surface area contributed by atoms with Crippen molar-refractivity contribution in [1.82, 2.24) is 0 Å². The number of rotatable bonds is 11. The Morgan fingerprint density at radius 2 is 0.720 bits per heavy atom. The molecule has 5 heterocycles. The molecule has 0 N–H and O–H groups in total. The van der Waals surface area contributed by atoms with Crippen LogP contribution in [0.5, 0.6) is 0 Å². The first kappa shape index (κ1) is 62.1. The molecule has 3 aromatic heterocycles. The molecule has 0 bridgehead atoms. The molecular formula is C92H79BN4O3. The largest absolute Gasteiger partial charge is 0.456 e. The van der Waals surface area contributed by atoms with Crippen LogP contribution in [0.2, 0.25) is 0 Å². The number of aryl methyl sites for hydroxylation is 2. The molecule has 0 saturated carbocycles. The summed E-state index contributed by atoms with van der Waals surface area (Å²) < 4.78 is 20.2. The van der Waals surface area contributed by atoms with Crippen molar-refractivity contribution in [2.75, 3.05) is 19.6 Å². The minimum Gasteiger partial charge on any atom is -0.456 e.